The molecule has 2 heterocycles. The molecule has 0 unspecified atom stereocenters. The van der Waals surface area contributed by atoms with Crippen molar-refractivity contribution in [3.8, 4) is 0 Å². The van der Waals surface area contributed by atoms with E-state index < -0.39 is 0 Å². The molecule has 1 aromatic carbocycles. The Morgan fingerprint density at radius 3 is 2.48 bits per heavy atom. The van der Waals surface area contributed by atoms with Gasteiger partial charge in [-0.3, -0.25) is 4.99 Å². The van der Waals surface area contributed by atoms with Gasteiger partial charge in [0.25, 0.3) is 0 Å². The van der Waals surface area contributed by atoms with E-state index in [2.05, 4.69) is 67.3 Å². The Morgan fingerprint density at radius 2 is 1.87 bits per heavy atom. The van der Waals surface area contributed by atoms with E-state index in [1.807, 2.05) is 7.05 Å². The number of para-hydroxylation sites is 1. The zero-order valence-electron chi connectivity index (χ0n) is 13.3. The number of piperazine rings is 1. The summed E-state index contributed by atoms with van der Waals surface area (Å²) in [6, 6.07) is 12.8. The number of nitrogens with zero attached hydrogens (tertiary/aromatic N) is 3. The minimum Gasteiger partial charge on any atom is -0.368 e. The van der Waals surface area contributed by atoms with E-state index in [1.54, 1.807) is 11.3 Å². The molecule has 1 aliphatic rings. The fourth-order valence-electron chi connectivity index (χ4n) is 2.72. The van der Waals surface area contributed by atoms with Crippen LogP contribution in [0.1, 0.15) is 5.56 Å². The highest BCUT2D eigenvalue weighted by Crippen LogP contribution is 2.15. The summed E-state index contributed by atoms with van der Waals surface area (Å²) >= 11 is 1.73. The highest BCUT2D eigenvalue weighted by Gasteiger charge is 2.19. The van der Waals surface area contributed by atoms with Crippen molar-refractivity contribution in [2.24, 2.45) is 4.99 Å². The summed E-state index contributed by atoms with van der Waals surface area (Å²) in [5.41, 5.74) is 2.62. The molecule has 1 fully saturated rings. The summed E-state index contributed by atoms with van der Waals surface area (Å²) in [5.74, 6) is 0.999. The van der Waals surface area contributed by atoms with E-state index in [0.717, 1.165) is 38.7 Å². The summed E-state index contributed by atoms with van der Waals surface area (Å²) in [4.78, 5) is 9.20. The van der Waals surface area contributed by atoms with E-state index in [4.69, 9.17) is 0 Å². The van der Waals surface area contributed by atoms with Crippen molar-refractivity contribution in [3.63, 3.8) is 0 Å². The van der Waals surface area contributed by atoms with Gasteiger partial charge in [0, 0.05) is 45.5 Å². The minimum absolute atomic E-state index is 0. The van der Waals surface area contributed by atoms with Crippen LogP contribution in [0.2, 0.25) is 0 Å². The summed E-state index contributed by atoms with van der Waals surface area (Å²) in [5, 5.41) is 7.74. The van der Waals surface area contributed by atoms with Gasteiger partial charge < -0.3 is 15.1 Å². The van der Waals surface area contributed by atoms with Crippen LogP contribution in [0.3, 0.4) is 0 Å². The number of hydrogen-bond donors (Lipinski definition) is 1. The lowest BCUT2D eigenvalue weighted by Crippen LogP contribution is -2.52. The first-order chi connectivity index (χ1) is 10.9. The third kappa shape index (κ3) is 4.84. The SMILES string of the molecule is CN=C(NCc1ccsc1)N1CCN(c2ccccc2)CC1.I. The number of guanidine groups is 1. The number of anilines is 1. The van der Waals surface area contributed by atoms with Gasteiger partial charge in [-0.15, -0.1) is 24.0 Å². The van der Waals surface area contributed by atoms with E-state index in [-0.39, 0.29) is 24.0 Å². The molecule has 2 aromatic rings. The largest absolute Gasteiger partial charge is 0.368 e. The van der Waals surface area contributed by atoms with Crippen LogP contribution in [0.4, 0.5) is 5.69 Å². The molecular weight excluding hydrogens is 419 g/mol. The Morgan fingerprint density at radius 1 is 1.13 bits per heavy atom. The fraction of sp³-hybridized carbons (Fsp3) is 0.353. The van der Waals surface area contributed by atoms with Gasteiger partial charge in [-0.2, -0.15) is 11.3 Å². The van der Waals surface area contributed by atoms with Crippen LogP contribution >= 0.6 is 35.3 Å². The quantitative estimate of drug-likeness (QED) is 0.450. The van der Waals surface area contributed by atoms with Crippen LogP contribution in [0.5, 0.6) is 0 Å². The van der Waals surface area contributed by atoms with Gasteiger partial charge >= 0.3 is 0 Å². The smallest absolute Gasteiger partial charge is 0.194 e. The maximum atomic E-state index is 4.43. The van der Waals surface area contributed by atoms with Crippen molar-refractivity contribution in [3.05, 3.63) is 52.7 Å². The lowest BCUT2D eigenvalue weighted by molar-refractivity contribution is 0.372. The molecule has 0 amide bonds. The monoisotopic (exact) mass is 442 g/mol. The molecule has 1 aromatic heterocycles. The molecule has 0 atom stereocenters. The Kier molecular flexibility index (Phi) is 7.16. The van der Waals surface area contributed by atoms with Gasteiger partial charge in [0.2, 0.25) is 0 Å². The van der Waals surface area contributed by atoms with Crippen molar-refractivity contribution in [2.45, 2.75) is 6.54 Å². The van der Waals surface area contributed by atoms with E-state index in [1.165, 1.54) is 11.3 Å². The van der Waals surface area contributed by atoms with Gasteiger partial charge in [0.15, 0.2) is 5.96 Å². The summed E-state index contributed by atoms with van der Waals surface area (Å²) in [6.45, 7) is 4.90. The van der Waals surface area contributed by atoms with Gasteiger partial charge in [0.1, 0.15) is 0 Å². The Hall–Kier alpha value is -1.28. The number of hydrogen-bond acceptors (Lipinski definition) is 3. The number of thiophene rings is 1. The van der Waals surface area contributed by atoms with Crippen molar-refractivity contribution < 1.29 is 0 Å². The molecule has 124 valence electrons. The lowest BCUT2D eigenvalue weighted by Gasteiger charge is -2.37. The van der Waals surface area contributed by atoms with Crippen LogP contribution in [0, 0.1) is 0 Å². The summed E-state index contributed by atoms with van der Waals surface area (Å²) in [6.07, 6.45) is 0. The highest BCUT2D eigenvalue weighted by molar-refractivity contribution is 14.0. The average molecular weight is 442 g/mol. The van der Waals surface area contributed by atoms with Crippen LogP contribution in [0.25, 0.3) is 0 Å². The zero-order chi connectivity index (χ0) is 15.2. The third-order valence-electron chi connectivity index (χ3n) is 3.94. The van der Waals surface area contributed by atoms with Crippen LogP contribution in [0.15, 0.2) is 52.2 Å². The average Bonchev–Trinajstić information content (AvgIpc) is 3.10. The van der Waals surface area contributed by atoms with Crippen molar-refractivity contribution in [1.82, 2.24) is 10.2 Å². The van der Waals surface area contributed by atoms with E-state index >= 15 is 0 Å². The molecule has 0 radical (unpaired) electrons. The second kappa shape index (κ2) is 9.12. The normalized spacial score (nSPS) is 15.3. The minimum atomic E-state index is 0. The third-order valence-corrected chi connectivity index (χ3v) is 4.68. The van der Waals surface area contributed by atoms with Gasteiger partial charge in [-0.1, -0.05) is 18.2 Å². The molecule has 3 rings (SSSR count). The molecule has 23 heavy (non-hydrogen) atoms. The topological polar surface area (TPSA) is 30.9 Å². The van der Waals surface area contributed by atoms with E-state index in [0.29, 0.717) is 0 Å². The van der Waals surface area contributed by atoms with Crippen molar-refractivity contribution >= 4 is 47.0 Å². The number of benzene rings is 1. The summed E-state index contributed by atoms with van der Waals surface area (Å²) < 4.78 is 0. The Balaban J connectivity index is 0.00000192. The summed E-state index contributed by atoms with van der Waals surface area (Å²) in [7, 11) is 1.86. The van der Waals surface area contributed by atoms with Crippen molar-refractivity contribution in [2.75, 3.05) is 38.1 Å². The first kappa shape index (κ1) is 18.1. The van der Waals surface area contributed by atoms with Crippen LogP contribution in [-0.4, -0.2) is 44.1 Å². The number of rotatable bonds is 3. The fourth-order valence-corrected chi connectivity index (χ4v) is 3.39. The van der Waals surface area contributed by atoms with Gasteiger partial charge in [0.05, 0.1) is 0 Å². The number of aliphatic imine (C=N–C) groups is 1. The lowest BCUT2D eigenvalue weighted by atomic mass is 10.2. The number of nitrogens with one attached hydrogen (secondary N) is 1. The first-order valence-electron chi connectivity index (χ1n) is 7.63. The molecule has 0 saturated carbocycles. The maximum absolute atomic E-state index is 4.43. The van der Waals surface area contributed by atoms with E-state index in [9.17, 15) is 0 Å². The zero-order valence-corrected chi connectivity index (χ0v) is 16.5. The second-order valence-corrected chi connectivity index (χ2v) is 6.12. The van der Waals surface area contributed by atoms with Gasteiger partial charge in [-0.25, -0.2) is 0 Å². The predicted molar refractivity (Wildman–Crippen MR) is 110 cm³/mol. The van der Waals surface area contributed by atoms with Crippen molar-refractivity contribution in [1.29, 1.82) is 0 Å². The Bertz CT molecular complexity index is 592. The van der Waals surface area contributed by atoms with Crippen LogP contribution in [-0.2, 0) is 6.54 Å². The molecule has 1 aliphatic heterocycles. The molecule has 4 nitrogen and oxygen atoms in total. The maximum Gasteiger partial charge on any atom is 0.194 e. The molecule has 1 saturated heterocycles. The number of halogens is 1. The molecule has 6 heteroatoms. The standard InChI is InChI=1S/C17H22N4S.HI/c1-18-17(19-13-15-7-12-22-14-15)21-10-8-20(9-11-21)16-5-3-2-4-6-16;/h2-7,12,14H,8-11,13H2,1H3,(H,18,19);1H. The van der Waals surface area contributed by atoms with Crippen LogP contribution < -0.4 is 10.2 Å². The molecule has 0 bridgehead atoms. The molecular formula is C17H23IN4S. The molecule has 0 aliphatic carbocycles. The molecule has 0 spiro atoms. The first-order valence-corrected chi connectivity index (χ1v) is 8.58. The molecule has 1 N–H and O–H groups in total. The Labute approximate surface area is 159 Å². The predicted octanol–water partition coefficient (Wildman–Crippen LogP) is 3.26. The van der Waals surface area contributed by atoms with Gasteiger partial charge in [-0.05, 0) is 34.5 Å². The second-order valence-electron chi connectivity index (χ2n) is 5.34. The highest BCUT2D eigenvalue weighted by atomic mass is 127.